The topological polar surface area (TPSA) is 76.8 Å². The van der Waals surface area contributed by atoms with Crippen LogP contribution in [0.2, 0.25) is 0 Å². The minimum Gasteiger partial charge on any atom is -0.372 e. The molecular weight excluding hydrogens is 192 g/mol. The van der Waals surface area contributed by atoms with Gasteiger partial charge in [-0.3, -0.25) is 0 Å². The largest absolute Gasteiger partial charge is 0.372 e. The van der Waals surface area contributed by atoms with Crippen LogP contribution >= 0.6 is 0 Å². The molecule has 0 fully saturated rings. The Morgan fingerprint density at radius 3 is 2.93 bits per heavy atom. The summed E-state index contributed by atoms with van der Waals surface area (Å²) in [5, 5.41) is 0. The van der Waals surface area contributed by atoms with E-state index in [9.17, 15) is 0 Å². The van der Waals surface area contributed by atoms with Gasteiger partial charge in [-0.2, -0.15) is 0 Å². The molecular formula is C10H14N4O. The van der Waals surface area contributed by atoms with Crippen molar-refractivity contribution in [2.45, 2.75) is 13.0 Å². The van der Waals surface area contributed by atoms with E-state index in [1.165, 1.54) is 0 Å². The standard InChI is InChI=1S/C10H14N4O/c1-6-3-4-7-9(12-6)14-10(13-7)8(5-11)15-2/h3-4,8H,5,11H2,1-2H3,(H,12,13,14). The number of hydrogen-bond donors (Lipinski definition) is 2. The molecule has 0 aliphatic carbocycles. The maximum atomic E-state index is 5.56. The van der Waals surface area contributed by atoms with Crippen molar-refractivity contribution >= 4 is 11.2 Å². The Balaban J connectivity index is 2.46. The molecule has 0 aliphatic heterocycles. The molecule has 15 heavy (non-hydrogen) atoms. The van der Waals surface area contributed by atoms with Crippen molar-refractivity contribution in [2.24, 2.45) is 5.73 Å². The van der Waals surface area contributed by atoms with E-state index in [2.05, 4.69) is 15.0 Å². The second-order valence-electron chi connectivity index (χ2n) is 3.41. The lowest BCUT2D eigenvalue weighted by molar-refractivity contribution is 0.104. The fraction of sp³-hybridized carbons (Fsp3) is 0.400. The highest BCUT2D eigenvalue weighted by Gasteiger charge is 2.13. The van der Waals surface area contributed by atoms with Crippen molar-refractivity contribution in [1.82, 2.24) is 15.0 Å². The van der Waals surface area contributed by atoms with Crippen LogP contribution in [0.3, 0.4) is 0 Å². The van der Waals surface area contributed by atoms with Crippen LogP contribution in [0.25, 0.3) is 11.2 Å². The molecule has 0 bridgehead atoms. The summed E-state index contributed by atoms with van der Waals surface area (Å²) < 4.78 is 5.20. The Kier molecular flexibility index (Phi) is 2.66. The quantitative estimate of drug-likeness (QED) is 0.782. The van der Waals surface area contributed by atoms with Gasteiger partial charge < -0.3 is 15.5 Å². The number of aromatic amines is 1. The summed E-state index contributed by atoms with van der Waals surface area (Å²) in [6.07, 6.45) is -0.195. The van der Waals surface area contributed by atoms with Gasteiger partial charge in [0.05, 0.1) is 5.52 Å². The Bertz CT molecular complexity index is 461. The van der Waals surface area contributed by atoms with Gasteiger partial charge in [0, 0.05) is 19.3 Å². The fourth-order valence-electron chi connectivity index (χ4n) is 1.48. The average molecular weight is 206 g/mol. The zero-order valence-corrected chi connectivity index (χ0v) is 8.82. The summed E-state index contributed by atoms with van der Waals surface area (Å²) in [5.41, 5.74) is 8.13. The van der Waals surface area contributed by atoms with Gasteiger partial charge in [-0.05, 0) is 19.1 Å². The van der Waals surface area contributed by atoms with Gasteiger partial charge in [0.15, 0.2) is 5.65 Å². The summed E-state index contributed by atoms with van der Waals surface area (Å²) in [7, 11) is 1.61. The molecule has 5 heteroatoms. The number of H-pyrrole nitrogens is 1. The van der Waals surface area contributed by atoms with Crippen molar-refractivity contribution in [3.8, 4) is 0 Å². The van der Waals surface area contributed by atoms with Crippen LogP contribution in [0, 0.1) is 6.92 Å². The first-order chi connectivity index (χ1) is 7.24. The zero-order chi connectivity index (χ0) is 10.8. The number of methoxy groups -OCH3 is 1. The second-order valence-corrected chi connectivity index (χ2v) is 3.41. The van der Waals surface area contributed by atoms with Gasteiger partial charge in [-0.15, -0.1) is 0 Å². The number of pyridine rings is 1. The van der Waals surface area contributed by atoms with Crippen LogP contribution < -0.4 is 5.73 Å². The van der Waals surface area contributed by atoms with Gasteiger partial charge in [0.2, 0.25) is 0 Å². The maximum Gasteiger partial charge on any atom is 0.178 e. The minimum atomic E-state index is -0.195. The Morgan fingerprint density at radius 1 is 1.47 bits per heavy atom. The fourth-order valence-corrected chi connectivity index (χ4v) is 1.48. The Hall–Kier alpha value is -1.46. The number of ether oxygens (including phenoxy) is 1. The third-order valence-corrected chi connectivity index (χ3v) is 2.31. The molecule has 1 atom stereocenters. The highest BCUT2D eigenvalue weighted by Crippen LogP contribution is 2.16. The molecule has 0 saturated carbocycles. The summed E-state index contributed by atoms with van der Waals surface area (Å²) in [5.74, 6) is 0.730. The van der Waals surface area contributed by atoms with Gasteiger partial charge in [0.25, 0.3) is 0 Å². The first-order valence-corrected chi connectivity index (χ1v) is 4.80. The molecule has 0 aromatic carbocycles. The minimum absolute atomic E-state index is 0.195. The summed E-state index contributed by atoms with van der Waals surface area (Å²) in [4.78, 5) is 11.8. The molecule has 2 heterocycles. The predicted octanol–water partition coefficient (Wildman–Crippen LogP) is 0.913. The lowest BCUT2D eigenvalue weighted by Gasteiger charge is -2.08. The van der Waals surface area contributed by atoms with Crippen LogP contribution in [0.5, 0.6) is 0 Å². The second kappa shape index (κ2) is 3.96. The van der Waals surface area contributed by atoms with E-state index in [-0.39, 0.29) is 6.10 Å². The zero-order valence-electron chi connectivity index (χ0n) is 8.82. The van der Waals surface area contributed by atoms with E-state index in [4.69, 9.17) is 10.5 Å². The van der Waals surface area contributed by atoms with E-state index in [0.29, 0.717) is 12.2 Å². The van der Waals surface area contributed by atoms with Crippen molar-refractivity contribution in [3.05, 3.63) is 23.7 Å². The molecule has 3 N–H and O–H groups in total. The third kappa shape index (κ3) is 1.84. The molecule has 2 aromatic heterocycles. The van der Waals surface area contributed by atoms with Crippen molar-refractivity contribution in [1.29, 1.82) is 0 Å². The number of nitrogens with two attached hydrogens (primary N) is 1. The number of nitrogens with zero attached hydrogens (tertiary/aromatic N) is 2. The lowest BCUT2D eigenvalue weighted by Crippen LogP contribution is -2.15. The van der Waals surface area contributed by atoms with Crippen molar-refractivity contribution in [3.63, 3.8) is 0 Å². The van der Waals surface area contributed by atoms with Gasteiger partial charge in [-0.25, -0.2) is 9.97 Å². The van der Waals surface area contributed by atoms with E-state index in [0.717, 1.165) is 17.0 Å². The third-order valence-electron chi connectivity index (χ3n) is 2.31. The van der Waals surface area contributed by atoms with Crippen LogP contribution in [0.15, 0.2) is 12.1 Å². The smallest absolute Gasteiger partial charge is 0.178 e. The molecule has 2 rings (SSSR count). The summed E-state index contributed by atoms with van der Waals surface area (Å²) >= 11 is 0. The maximum absolute atomic E-state index is 5.56. The molecule has 1 unspecified atom stereocenters. The SMILES string of the molecule is COC(CN)c1nc2nc(C)ccc2[nH]1. The van der Waals surface area contributed by atoms with Gasteiger partial charge in [-0.1, -0.05) is 0 Å². The normalized spacial score (nSPS) is 13.3. The van der Waals surface area contributed by atoms with Crippen LogP contribution in [0.4, 0.5) is 0 Å². The Labute approximate surface area is 87.7 Å². The van der Waals surface area contributed by atoms with Crippen molar-refractivity contribution < 1.29 is 4.74 Å². The van der Waals surface area contributed by atoms with E-state index in [1.807, 2.05) is 19.1 Å². The number of fused-ring (bicyclic) bond motifs is 1. The first-order valence-electron chi connectivity index (χ1n) is 4.80. The molecule has 0 radical (unpaired) electrons. The summed E-state index contributed by atoms with van der Waals surface area (Å²) in [6.45, 7) is 2.33. The van der Waals surface area contributed by atoms with E-state index < -0.39 is 0 Å². The van der Waals surface area contributed by atoms with Crippen LogP contribution in [-0.2, 0) is 4.74 Å². The number of rotatable bonds is 3. The van der Waals surface area contributed by atoms with E-state index >= 15 is 0 Å². The lowest BCUT2D eigenvalue weighted by atomic mass is 10.3. The molecule has 0 aliphatic rings. The predicted molar refractivity (Wildman–Crippen MR) is 57.4 cm³/mol. The average Bonchev–Trinajstić information content (AvgIpc) is 2.62. The number of aryl methyl sites for hydroxylation is 1. The molecule has 80 valence electrons. The first kappa shape index (κ1) is 10.1. The van der Waals surface area contributed by atoms with Gasteiger partial charge >= 0.3 is 0 Å². The number of nitrogens with one attached hydrogen (secondary N) is 1. The molecule has 0 amide bonds. The highest BCUT2D eigenvalue weighted by molar-refractivity contribution is 5.70. The monoisotopic (exact) mass is 206 g/mol. The number of hydrogen-bond acceptors (Lipinski definition) is 4. The number of aromatic nitrogens is 3. The molecule has 5 nitrogen and oxygen atoms in total. The van der Waals surface area contributed by atoms with Crippen LogP contribution in [0.1, 0.15) is 17.6 Å². The Morgan fingerprint density at radius 2 is 2.27 bits per heavy atom. The van der Waals surface area contributed by atoms with Gasteiger partial charge in [0.1, 0.15) is 11.9 Å². The summed E-state index contributed by atoms with van der Waals surface area (Å²) in [6, 6.07) is 3.89. The van der Waals surface area contributed by atoms with E-state index in [1.54, 1.807) is 7.11 Å². The van der Waals surface area contributed by atoms with Crippen LogP contribution in [-0.4, -0.2) is 28.6 Å². The van der Waals surface area contributed by atoms with Crippen molar-refractivity contribution in [2.75, 3.05) is 13.7 Å². The molecule has 0 saturated heterocycles. The number of imidazole rings is 1. The highest BCUT2D eigenvalue weighted by atomic mass is 16.5. The molecule has 2 aromatic rings. The molecule has 0 spiro atoms.